The Bertz CT molecular complexity index is 611. The zero-order chi connectivity index (χ0) is 14.8. The number of hydrogen-bond acceptors (Lipinski definition) is 5. The highest BCUT2D eigenvalue weighted by molar-refractivity contribution is 8.04. The number of hydrogen-bond donors (Lipinski definition) is 3. The molecule has 1 heterocycles. The Labute approximate surface area is 123 Å². The van der Waals surface area contributed by atoms with Gasteiger partial charge in [0.1, 0.15) is 17.6 Å². The van der Waals surface area contributed by atoms with E-state index in [2.05, 4.69) is 30.5 Å². The lowest BCUT2D eigenvalue weighted by atomic mass is 9.90. The first kappa shape index (κ1) is 14.5. The second kappa shape index (κ2) is 5.59. The van der Waals surface area contributed by atoms with Gasteiger partial charge >= 0.3 is 0 Å². The second-order valence-corrected chi connectivity index (χ2v) is 6.32. The summed E-state index contributed by atoms with van der Waals surface area (Å²) in [5, 5.41) is 23.6. The van der Waals surface area contributed by atoms with Crippen LogP contribution >= 0.6 is 11.8 Å². The number of rotatable bonds is 3. The van der Waals surface area contributed by atoms with Crippen LogP contribution in [0.15, 0.2) is 35.0 Å². The predicted octanol–water partition coefficient (Wildman–Crippen LogP) is 3.40. The zero-order valence-electron chi connectivity index (χ0n) is 11.9. The van der Waals surface area contributed by atoms with E-state index in [4.69, 9.17) is 10.7 Å². The van der Waals surface area contributed by atoms with E-state index in [1.54, 1.807) is 0 Å². The summed E-state index contributed by atoms with van der Waals surface area (Å²) in [4.78, 5) is 0.664. The van der Waals surface area contributed by atoms with Crippen LogP contribution in [0.25, 0.3) is 0 Å². The van der Waals surface area contributed by atoms with Gasteiger partial charge in [-0.2, -0.15) is 5.26 Å². The van der Waals surface area contributed by atoms with Crippen molar-refractivity contribution in [1.82, 2.24) is 5.32 Å². The number of nitrogens with zero attached hydrogens (tertiary/aromatic N) is 1. The Morgan fingerprint density at radius 1 is 1.40 bits per heavy atom. The fraction of sp³-hybridized carbons (Fsp3) is 0.333. The van der Waals surface area contributed by atoms with Crippen molar-refractivity contribution in [2.45, 2.75) is 26.3 Å². The minimum absolute atomic E-state index is 0.0120. The molecule has 0 unspecified atom stereocenters. The lowest BCUT2D eigenvalue weighted by Gasteiger charge is -2.37. The molecule has 20 heavy (non-hydrogen) atoms. The van der Waals surface area contributed by atoms with Gasteiger partial charge in [-0.25, -0.2) is 0 Å². The molecule has 1 aromatic rings. The van der Waals surface area contributed by atoms with Crippen molar-refractivity contribution in [2.24, 2.45) is 0 Å². The van der Waals surface area contributed by atoms with Crippen molar-refractivity contribution in [3.63, 3.8) is 0 Å². The van der Waals surface area contributed by atoms with Crippen molar-refractivity contribution in [3.8, 4) is 6.07 Å². The average Bonchev–Trinajstić information content (AvgIpc) is 2.43. The summed E-state index contributed by atoms with van der Waals surface area (Å²) in [6.07, 6.45) is 0. The summed E-state index contributed by atoms with van der Waals surface area (Å²) < 4.78 is 0. The number of anilines is 1. The van der Waals surface area contributed by atoms with Gasteiger partial charge in [0.15, 0.2) is 0 Å². The second-order valence-electron chi connectivity index (χ2n) is 5.04. The van der Waals surface area contributed by atoms with Gasteiger partial charge in [0.05, 0.1) is 10.4 Å². The van der Waals surface area contributed by atoms with Crippen molar-refractivity contribution >= 4 is 23.2 Å². The highest BCUT2D eigenvalue weighted by Crippen LogP contribution is 2.35. The molecule has 0 fully saturated rings. The molecule has 104 valence electrons. The molecule has 3 N–H and O–H groups in total. The topological polar surface area (TPSA) is 71.7 Å². The molecule has 0 saturated carbocycles. The van der Waals surface area contributed by atoms with Crippen molar-refractivity contribution in [3.05, 3.63) is 40.6 Å². The molecular weight excluding hydrogens is 268 g/mol. The van der Waals surface area contributed by atoms with Crippen LogP contribution in [0.3, 0.4) is 0 Å². The van der Waals surface area contributed by atoms with Crippen LogP contribution in [0.4, 0.5) is 5.69 Å². The molecule has 0 aromatic heterocycles. The van der Waals surface area contributed by atoms with Crippen molar-refractivity contribution in [2.75, 3.05) is 11.1 Å². The molecule has 0 saturated heterocycles. The number of allylic oxidation sites excluding steroid dienone is 1. The van der Waals surface area contributed by atoms with Gasteiger partial charge in [-0.3, -0.25) is 5.41 Å². The largest absolute Gasteiger partial charge is 0.362 e. The lowest BCUT2D eigenvalue weighted by molar-refractivity contribution is 0.441. The number of nitrogens with one attached hydrogen (secondary N) is 3. The van der Waals surface area contributed by atoms with Gasteiger partial charge in [-0.1, -0.05) is 25.1 Å². The smallest absolute Gasteiger partial charge is 0.149 e. The van der Waals surface area contributed by atoms with Crippen LogP contribution in [0.2, 0.25) is 0 Å². The molecule has 0 atom stereocenters. The number of nitriles is 1. The van der Waals surface area contributed by atoms with Crippen LogP contribution in [0, 0.1) is 16.7 Å². The maximum absolute atomic E-state index is 9.01. The van der Waals surface area contributed by atoms with Crippen molar-refractivity contribution in [1.29, 1.82) is 10.7 Å². The average molecular weight is 286 g/mol. The number of benzene rings is 1. The molecule has 0 radical (unpaired) electrons. The molecule has 5 heteroatoms. The quantitative estimate of drug-likeness (QED) is 0.745. The van der Waals surface area contributed by atoms with Crippen molar-refractivity contribution < 1.29 is 0 Å². The van der Waals surface area contributed by atoms with Gasteiger partial charge in [-0.15, -0.1) is 11.8 Å². The normalized spacial score (nSPS) is 18.1. The van der Waals surface area contributed by atoms with Crippen LogP contribution < -0.4 is 10.6 Å². The monoisotopic (exact) mass is 286 g/mol. The highest BCUT2D eigenvalue weighted by Gasteiger charge is 2.30. The van der Waals surface area contributed by atoms with E-state index in [9.17, 15) is 0 Å². The maximum atomic E-state index is 9.01. The lowest BCUT2D eigenvalue weighted by Crippen LogP contribution is -2.43. The fourth-order valence-electron chi connectivity index (χ4n) is 2.26. The predicted molar refractivity (Wildman–Crippen MR) is 84.7 cm³/mol. The van der Waals surface area contributed by atoms with Crippen LogP contribution in [0.5, 0.6) is 0 Å². The number of thioether (sulfide) groups is 1. The van der Waals surface area contributed by atoms with E-state index in [1.807, 2.05) is 31.2 Å². The molecule has 0 amide bonds. The van der Waals surface area contributed by atoms with E-state index < -0.39 is 0 Å². The Balaban J connectivity index is 2.51. The van der Waals surface area contributed by atoms with Crippen LogP contribution in [0.1, 0.15) is 26.3 Å². The molecule has 0 spiro atoms. The van der Waals surface area contributed by atoms with E-state index in [1.165, 1.54) is 17.3 Å². The zero-order valence-corrected chi connectivity index (χ0v) is 12.7. The fourth-order valence-corrected chi connectivity index (χ4v) is 2.99. The number of fused-ring (bicyclic) bond motifs is 1. The Kier molecular flexibility index (Phi) is 4.05. The van der Waals surface area contributed by atoms with Gasteiger partial charge in [0, 0.05) is 11.3 Å². The molecule has 0 aliphatic carbocycles. The summed E-state index contributed by atoms with van der Waals surface area (Å²) in [5.74, 6) is 1.56. The van der Waals surface area contributed by atoms with Gasteiger partial charge < -0.3 is 10.6 Å². The van der Waals surface area contributed by atoms with E-state index in [0.717, 1.165) is 17.3 Å². The molecule has 2 rings (SSSR count). The minimum Gasteiger partial charge on any atom is -0.362 e. The summed E-state index contributed by atoms with van der Waals surface area (Å²) in [6.45, 7) is 6.20. The maximum Gasteiger partial charge on any atom is 0.149 e. The van der Waals surface area contributed by atoms with E-state index in [-0.39, 0.29) is 11.3 Å². The third-order valence-electron chi connectivity index (χ3n) is 3.15. The summed E-state index contributed by atoms with van der Waals surface area (Å²) in [6, 6.07) is 10.0. The number of para-hydroxylation sites is 1. The van der Waals surface area contributed by atoms with Crippen LogP contribution in [-0.2, 0) is 5.54 Å². The minimum atomic E-state index is -0.244. The third kappa shape index (κ3) is 2.66. The SMILES string of the molecule is CCS/C(C(=N)C#N)=C1/Nc2ccccc2C(C)(C)N1. The molecule has 4 nitrogen and oxygen atoms in total. The standard InChI is InChI=1S/C15H18N4S/c1-4-20-13(11(17)9-16)14-18-12-8-6-5-7-10(12)15(2,3)19-14/h5-8,17-19H,4H2,1-3H3/b14-13-,17-11?. The molecule has 1 aromatic carbocycles. The van der Waals surface area contributed by atoms with Gasteiger partial charge in [-0.05, 0) is 25.7 Å². The first-order valence-electron chi connectivity index (χ1n) is 6.50. The molecular formula is C15H18N4S. The summed E-state index contributed by atoms with van der Waals surface area (Å²) in [7, 11) is 0. The third-order valence-corrected chi connectivity index (χ3v) is 4.14. The van der Waals surface area contributed by atoms with Gasteiger partial charge in [0.2, 0.25) is 0 Å². The van der Waals surface area contributed by atoms with Crippen LogP contribution in [-0.4, -0.2) is 11.5 Å². The van der Waals surface area contributed by atoms with E-state index in [0.29, 0.717) is 4.91 Å². The Morgan fingerprint density at radius 3 is 2.75 bits per heavy atom. The highest BCUT2D eigenvalue weighted by atomic mass is 32.2. The van der Waals surface area contributed by atoms with E-state index >= 15 is 0 Å². The summed E-state index contributed by atoms with van der Waals surface area (Å²) >= 11 is 1.50. The first-order valence-corrected chi connectivity index (χ1v) is 7.49. The first-order chi connectivity index (χ1) is 9.49. The molecule has 1 aliphatic rings. The molecule has 1 aliphatic heterocycles. The molecule has 0 bridgehead atoms. The Morgan fingerprint density at radius 2 is 2.10 bits per heavy atom. The summed E-state index contributed by atoms with van der Waals surface area (Å²) in [5.41, 5.74) is 1.94. The van der Waals surface area contributed by atoms with Gasteiger partial charge in [0.25, 0.3) is 0 Å². The Hall–Kier alpha value is -1.93.